The molecular weight excluding hydrogens is 312 g/mol. The van der Waals surface area contributed by atoms with E-state index in [9.17, 15) is 14.7 Å². The van der Waals surface area contributed by atoms with E-state index in [0.717, 1.165) is 5.56 Å². The molecular formula is C15H18N6O3. The van der Waals surface area contributed by atoms with Crippen molar-refractivity contribution in [3.05, 3.63) is 29.8 Å². The number of carbonyl (C=O) groups is 2. The second-order valence-electron chi connectivity index (χ2n) is 5.46. The van der Waals surface area contributed by atoms with Crippen molar-refractivity contribution in [1.82, 2.24) is 20.5 Å². The summed E-state index contributed by atoms with van der Waals surface area (Å²) in [7, 11) is 1.60. The van der Waals surface area contributed by atoms with Crippen LogP contribution >= 0.6 is 0 Å². The van der Waals surface area contributed by atoms with E-state index in [1.807, 2.05) is 6.92 Å². The molecule has 0 spiro atoms. The van der Waals surface area contributed by atoms with Crippen LogP contribution in [0, 0.1) is 0 Å². The average molecular weight is 330 g/mol. The maximum atomic E-state index is 12.1. The van der Waals surface area contributed by atoms with E-state index in [0.29, 0.717) is 12.5 Å². The lowest BCUT2D eigenvalue weighted by Crippen LogP contribution is -2.64. The number of hydrazone groups is 1. The Morgan fingerprint density at radius 1 is 1.38 bits per heavy atom. The first kappa shape index (κ1) is 15.8. The smallest absolute Gasteiger partial charge is 0.325 e. The standard InChI is InChI=1S/C15H18N6O3/c1-3-21-11-12(20(2)15(24)18-13(11)23)17-14(21)19-16-8-9-4-6-10(22)7-5-9/h4-8,11-12,22H,3H2,1-2H3,(H,17,19)(H,18,23,24)/b16-8+. The van der Waals surface area contributed by atoms with Gasteiger partial charge in [0.15, 0.2) is 12.2 Å². The molecule has 9 heteroatoms. The number of carbonyl (C=O) groups excluding carboxylic acids is 2. The third-order valence-electron chi connectivity index (χ3n) is 3.97. The van der Waals surface area contributed by atoms with Crippen molar-refractivity contribution in [1.29, 1.82) is 0 Å². The minimum atomic E-state index is -0.572. The predicted octanol–water partition coefficient (Wildman–Crippen LogP) is -0.117. The Bertz CT molecular complexity index is 714. The number of hydrogen-bond acceptors (Lipinski definition) is 7. The zero-order valence-electron chi connectivity index (χ0n) is 13.3. The fraction of sp³-hybridized carbons (Fsp3) is 0.333. The SMILES string of the molecule is CCN1C(N/N=C/c2ccc(O)cc2)=NC2C1C(=O)NC(=O)N2C. The summed E-state index contributed by atoms with van der Waals surface area (Å²) >= 11 is 0. The number of hydrogen-bond donors (Lipinski definition) is 3. The predicted molar refractivity (Wildman–Crippen MR) is 87.5 cm³/mol. The van der Waals surface area contributed by atoms with Crippen molar-refractivity contribution in [2.75, 3.05) is 13.6 Å². The van der Waals surface area contributed by atoms with Gasteiger partial charge in [-0.05, 0) is 36.8 Å². The number of fused-ring (bicyclic) bond motifs is 1. The van der Waals surface area contributed by atoms with E-state index in [1.165, 1.54) is 4.90 Å². The minimum absolute atomic E-state index is 0.181. The molecule has 24 heavy (non-hydrogen) atoms. The molecule has 1 fully saturated rings. The van der Waals surface area contributed by atoms with Gasteiger partial charge in [0.1, 0.15) is 5.75 Å². The first-order valence-electron chi connectivity index (χ1n) is 7.51. The summed E-state index contributed by atoms with van der Waals surface area (Å²) < 4.78 is 0. The van der Waals surface area contributed by atoms with Gasteiger partial charge in [-0.1, -0.05) is 0 Å². The number of nitrogens with zero attached hydrogens (tertiary/aromatic N) is 4. The molecule has 0 bridgehead atoms. The highest BCUT2D eigenvalue weighted by atomic mass is 16.3. The molecule has 3 rings (SSSR count). The monoisotopic (exact) mass is 330 g/mol. The molecule has 2 aliphatic heterocycles. The molecule has 3 N–H and O–H groups in total. The molecule has 1 aromatic carbocycles. The van der Waals surface area contributed by atoms with Crippen LogP contribution in [0.5, 0.6) is 5.75 Å². The number of imide groups is 1. The van der Waals surface area contributed by atoms with Crippen molar-refractivity contribution in [2.24, 2.45) is 10.1 Å². The Morgan fingerprint density at radius 3 is 2.75 bits per heavy atom. The molecule has 1 aromatic rings. The van der Waals surface area contributed by atoms with E-state index in [-0.39, 0.29) is 11.7 Å². The first-order chi connectivity index (χ1) is 11.5. The van der Waals surface area contributed by atoms with Crippen LogP contribution in [-0.4, -0.2) is 64.8 Å². The summed E-state index contributed by atoms with van der Waals surface area (Å²) in [6, 6.07) is 5.53. The second-order valence-corrected chi connectivity index (χ2v) is 5.46. The van der Waals surface area contributed by atoms with Crippen molar-refractivity contribution in [3.8, 4) is 5.75 Å². The van der Waals surface area contributed by atoms with Crippen LogP contribution in [0.25, 0.3) is 0 Å². The fourth-order valence-electron chi connectivity index (χ4n) is 2.69. The number of likely N-dealkylation sites (N-methyl/N-ethyl adjacent to an activating group) is 2. The number of urea groups is 1. The van der Waals surface area contributed by atoms with Crippen molar-refractivity contribution in [3.63, 3.8) is 0 Å². The van der Waals surface area contributed by atoms with Gasteiger partial charge >= 0.3 is 6.03 Å². The number of aromatic hydroxyl groups is 1. The zero-order chi connectivity index (χ0) is 17.3. The lowest BCUT2D eigenvalue weighted by Gasteiger charge is -2.35. The molecule has 1 saturated heterocycles. The number of benzene rings is 1. The molecule has 3 amide bonds. The molecule has 0 aromatic heterocycles. The van der Waals surface area contributed by atoms with Gasteiger partial charge in [-0.3, -0.25) is 10.1 Å². The normalized spacial score (nSPS) is 23.3. The Kier molecular flexibility index (Phi) is 4.07. The van der Waals surface area contributed by atoms with Gasteiger partial charge in [-0.15, -0.1) is 0 Å². The Morgan fingerprint density at radius 2 is 2.08 bits per heavy atom. The number of rotatable bonds is 3. The Balaban J connectivity index is 1.76. The molecule has 2 aliphatic rings. The maximum Gasteiger partial charge on any atom is 0.325 e. The molecule has 126 valence electrons. The molecule has 2 heterocycles. The molecule has 2 unspecified atom stereocenters. The van der Waals surface area contributed by atoms with Gasteiger partial charge in [-0.25, -0.2) is 15.2 Å². The number of amides is 3. The van der Waals surface area contributed by atoms with Crippen LogP contribution in [0.4, 0.5) is 4.79 Å². The van der Waals surface area contributed by atoms with Crippen LogP contribution in [0.2, 0.25) is 0 Å². The largest absolute Gasteiger partial charge is 0.508 e. The number of phenolic OH excluding ortho intramolecular Hbond substituents is 1. The van der Waals surface area contributed by atoms with Gasteiger partial charge < -0.3 is 14.9 Å². The van der Waals surface area contributed by atoms with E-state index in [4.69, 9.17) is 0 Å². The molecule has 0 aliphatic carbocycles. The summed E-state index contributed by atoms with van der Waals surface area (Å²) in [5.41, 5.74) is 3.62. The van der Waals surface area contributed by atoms with Crippen LogP contribution in [0.15, 0.2) is 34.4 Å². The van der Waals surface area contributed by atoms with Gasteiger partial charge in [0, 0.05) is 13.6 Å². The third-order valence-corrected chi connectivity index (χ3v) is 3.97. The van der Waals surface area contributed by atoms with Crippen molar-refractivity contribution in [2.45, 2.75) is 19.1 Å². The topological polar surface area (TPSA) is 110 Å². The number of guanidine groups is 1. The minimum Gasteiger partial charge on any atom is -0.508 e. The van der Waals surface area contributed by atoms with Crippen molar-refractivity contribution < 1.29 is 14.7 Å². The van der Waals surface area contributed by atoms with Crippen LogP contribution < -0.4 is 10.7 Å². The van der Waals surface area contributed by atoms with Crippen LogP contribution in [0.3, 0.4) is 0 Å². The Labute approximate surface area is 138 Å². The van der Waals surface area contributed by atoms with Gasteiger partial charge in [0.25, 0.3) is 5.91 Å². The van der Waals surface area contributed by atoms with Gasteiger partial charge in [0.2, 0.25) is 5.96 Å². The summed E-state index contributed by atoms with van der Waals surface area (Å²) in [6.07, 6.45) is 1.00. The van der Waals surface area contributed by atoms with E-state index < -0.39 is 18.2 Å². The Hall–Kier alpha value is -3.10. The lowest BCUT2D eigenvalue weighted by atomic mass is 10.1. The zero-order valence-corrected chi connectivity index (χ0v) is 13.3. The molecule has 2 atom stereocenters. The maximum absolute atomic E-state index is 12.1. The van der Waals surface area contributed by atoms with Crippen molar-refractivity contribution >= 4 is 24.1 Å². The highest BCUT2D eigenvalue weighted by Crippen LogP contribution is 2.22. The van der Waals surface area contributed by atoms with E-state index >= 15 is 0 Å². The summed E-state index contributed by atoms with van der Waals surface area (Å²) in [4.78, 5) is 31.4. The second kappa shape index (κ2) is 6.19. The van der Waals surface area contributed by atoms with Crippen LogP contribution in [0.1, 0.15) is 12.5 Å². The summed E-state index contributed by atoms with van der Waals surface area (Å²) in [6.45, 7) is 2.43. The van der Waals surface area contributed by atoms with Crippen LogP contribution in [-0.2, 0) is 4.79 Å². The highest BCUT2D eigenvalue weighted by molar-refractivity contribution is 6.03. The van der Waals surface area contributed by atoms with Gasteiger partial charge in [0.05, 0.1) is 6.21 Å². The third kappa shape index (κ3) is 2.75. The highest BCUT2D eigenvalue weighted by Gasteiger charge is 2.48. The number of phenols is 1. The van der Waals surface area contributed by atoms with E-state index in [1.54, 1.807) is 42.4 Å². The average Bonchev–Trinajstić information content (AvgIpc) is 2.94. The molecule has 9 nitrogen and oxygen atoms in total. The quantitative estimate of drug-likeness (QED) is 0.529. The molecule has 0 radical (unpaired) electrons. The molecule has 0 saturated carbocycles. The fourth-order valence-corrected chi connectivity index (χ4v) is 2.69. The first-order valence-corrected chi connectivity index (χ1v) is 7.51. The number of aliphatic imine (C=N–C) groups is 1. The summed E-state index contributed by atoms with van der Waals surface area (Å²) in [5.74, 6) is 0.243. The number of nitrogens with one attached hydrogen (secondary N) is 2. The van der Waals surface area contributed by atoms with Gasteiger partial charge in [-0.2, -0.15) is 5.10 Å². The summed E-state index contributed by atoms with van der Waals surface area (Å²) in [5, 5.41) is 15.7. The van der Waals surface area contributed by atoms with E-state index in [2.05, 4.69) is 20.8 Å². The lowest BCUT2D eigenvalue weighted by molar-refractivity contribution is -0.127.